The van der Waals surface area contributed by atoms with E-state index in [1.165, 1.54) is 11.8 Å². The molecule has 0 aliphatic carbocycles. The average molecular weight is 373 g/mol. The van der Waals surface area contributed by atoms with Gasteiger partial charge in [-0.3, -0.25) is 4.79 Å². The summed E-state index contributed by atoms with van der Waals surface area (Å²) >= 11 is 1.37. The third-order valence-corrected chi connectivity index (χ3v) is 4.99. The van der Waals surface area contributed by atoms with Crippen molar-refractivity contribution in [3.63, 3.8) is 0 Å². The predicted octanol–water partition coefficient (Wildman–Crippen LogP) is -0.982. The first kappa shape index (κ1) is 22.6. The van der Waals surface area contributed by atoms with Gasteiger partial charge in [-0.05, 0) is 0 Å². The zero-order valence-corrected chi connectivity index (χ0v) is 15.3. The number of hydrogen-bond donors (Lipinski definition) is 2. The third kappa shape index (κ3) is 14.9. The van der Waals surface area contributed by atoms with E-state index in [-0.39, 0.29) is 37.8 Å². The Morgan fingerprint density at radius 1 is 1.35 bits per heavy atom. The molecule has 0 fully saturated rings. The van der Waals surface area contributed by atoms with E-state index in [9.17, 15) is 17.8 Å². The number of likely N-dealkylation sites (N-methyl/N-ethyl adjacent to an activating group) is 1. The van der Waals surface area contributed by atoms with Crippen LogP contribution in [0.1, 0.15) is 12.8 Å². The maximum atomic E-state index is 11.5. The summed E-state index contributed by atoms with van der Waals surface area (Å²) in [6, 6.07) is 0. The number of aliphatic hydroxyl groups excluding tert-OH is 2. The molecule has 0 rings (SSSR count). The highest BCUT2D eigenvalue weighted by Gasteiger charge is 2.16. The Bertz CT molecular complexity index is 440. The minimum absolute atomic E-state index is 0.222. The summed E-state index contributed by atoms with van der Waals surface area (Å²) in [5.41, 5.74) is 0. The minimum Gasteiger partial charge on any atom is -0.748 e. The van der Waals surface area contributed by atoms with Gasteiger partial charge < -0.3 is 24.0 Å². The van der Waals surface area contributed by atoms with E-state index in [4.69, 9.17) is 14.9 Å². The first-order valence-corrected chi connectivity index (χ1v) is 10.1. The molecule has 0 aromatic rings. The van der Waals surface area contributed by atoms with Crippen molar-refractivity contribution < 1.29 is 37.2 Å². The van der Waals surface area contributed by atoms with Crippen molar-refractivity contribution in [2.75, 3.05) is 57.7 Å². The quantitative estimate of drug-likeness (QED) is 0.183. The van der Waals surface area contributed by atoms with Crippen LogP contribution >= 0.6 is 11.8 Å². The molecular formula is C13H27NO7S2. The molecule has 0 radical (unpaired) electrons. The van der Waals surface area contributed by atoms with Crippen LogP contribution in [0.5, 0.6) is 0 Å². The SMILES string of the molecule is C[N+](C)(CCCS(=O)(=O)[O-])CCOC(=O)CCSCC(O)CO. The van der Waals surface area contributed by atoms with Crippen molar-refractivity contribution in [3.05, 3.63) is 0 Å². The third-order valence-electron chi connectivity index (χ3n) is 3.09. The number of thioether (sulfide) groups is 1. The molecule has 23 heavy (non-hydrogen) atoms. The standard InChI is InChI=1S/C13H27NO7S2/c1-14(2,5-3-9-23(18,19)20)6-7-21-13(17)4-8-22-11-12(16)10-15/h12,15-16H,3-11H2,1-2H3. The molecule has 0 spiro atoms. The number of nitrogens with zero attached hydrogens (tertiary/aromatic N) is 1. The fourth-order valence-corrected chi connectivity index (χ4v) is 3.03. The van der Waals surface area contributed by atoms with Gasteiger partial charge in [-0.25, -0.2) is 8.42 Å². The summed E-state index contributed by atoms with van der Waals surface area (Å²) < 4.78 is 37.2. The Kier molecular flexibility index (Phi) is 11.0. The molecule has 0 aliphatic heterocycles. The van der Waals surface area contributed by atoms with Gasteiger partial charge in [-0.2, -0.15) is 11.8 Å². The first-order chi connectivity index (χ1) is 10.6. The molecular weight excluding hydrogens is 346 g/mol. The van der Waals surface area contributed by atoms with Crippen LogP contribution in [0.25, 0.3) is 0 Å². The molecule has 0 heterocycles. The molecule has 8 nitrogen and oxygen atoms in total. The van der Waals surface area contributed by atoms with Gasteiger partial charge in [0.2, 0.25) is 0 Å². The van der Waals surface area contributed by atoms with Gasteiger partial charge in [0.15, 0.2) is 0 Å². The smallest absolute Gasteiger partial charge is 0.306 e. The van der Waals surface area contributed by atoms with E-state index in [0.717, 1.165) is 0 Å². The second kappa shape index (κ2) is 11.2. The van der Waals surface area contributed by atoms with Crippen LogP contribution in [0, 0.1) is 0 Å². The molecule has 0 aliphatic rings. The normalized spacial score (nSPS) is 13.8. The van der Waals surface area contributed by atoms with E-state index in [2.05, 4.69) is 0 Å². The maximum absolute atomic E-state index is 11.5. The number of quaternary nitrogens is 1. The molecule has 0 amide bonds. The lowest BCUT2D eigenvalue weighted by atomic mass is 10.3. The summed E-state index contributed by atoms with van der Waals surface area (Å²) in [5.74, 6) is 0.162. The number of esters is 1. The summed E-state index contributed by atoms with van der Waals surface area (Å²) in [6.45, 7) is 0.965. The molecule has 138 valence electrons. The predicted molar refractivity (Wildman–Crippen MR) is 87.0 cm³/mol. The van der Waals surface area contributed by atoms with Crippen molar-refractivity contribution in [2.24, 2.45) is 0 Å². The van der Waals surface area contributed by atoms with Gasteiger partial charge in [-0.15, -0.1) is 0 Å². The van der Waals surface area contributed by atoms with Crippen molar-refractivity contribution in [1.29, 1.82) is 0 Å². The van der Waals surface area contributed by atoms with E-state index in [1.54, 1.807) is 0 Å². The minimum atomic E-state index is -4.18. The number of rotatable bonds is 13. The Balaban J connectivity index is 3.76. The summed E-state index contributed by atoms with van der Waals surface area (Å²) in [7, 11) is -0.438. The fraction of sp³-hybridized carbons (Fsp3) is 0.923. The lowest BCUT2D eigenvalue weighted by molar-refractivity contribution is -0.890. The number of carbonyl (C=O) groups is 1. The first-order valence-electron chi connectivity index (χ1n) is 7.33. The number of carbonyl (C=O) groups excluding carboxylic acids is 1. The monoisotopic (exact) mass is 373 g/mol. The highest BCUT2D eigenvalue weighted by Crippen LogP contribution is 2.06. The van der Waals surface area contributed by atoms with Crippen molar-refractivity contribution >= 4 is 27.8 Å². The molecule has 10 heteroatoms. The van der Waals surface area contributed by atoms with Crippen LogP contribution in [0.4, 0.5) is 0 Å². The lowest BCUT2D eigenvalue weighted by Gasteiger charge is -2.29. The van der Waals surface area contributed by atoms with Crippen LogP contribution in [0.3, 0.4) is 0 Å². The van der Waals surface area contributed by atoms with Gasteiger partial charge in [0.25, 0.3) is 0 Å². The van der Waals surface area contributed by atoms with Crippen LogP contribution in [-0.2, 0) is 19.6 Å². The van der Waals surface area contributed by atoms with Gasteiger partial charge >= 0.3 is 5.97 Å². The fourth-order valence-electron chi connectivity index (χ4n) is 1.69. The Morgan fingerprint density at radius 3 is 2.57 bits per heavy atom. The lowest BCUT2D eigenvalue weighted by Crippen LogP contribution is -2.43. The summed E-state index contributed by atoms with van der Waals surface area (Å²) in [5, 5.41) is 17.8. The largest absolute Gasteiger partial charge is 0.748 e. The molecule has 0 aromatic carbocycles. The molecule has 0 aromatic heterocycles. The van der Waals surface area contributed by atoms with Crippen molar-refractivity contribution in [3.8, 4) is 0 Å². The van der Waals surface area contributed by atoms with E-state index < -0.39 is 16.2 Å². The molecule has 0 saturated carbocycles. The highest BCUT2D eigenvalue weighted by atomic mass is 32.2. The van der Waals surface area contributed by atoms with Gasteiger partial charge in [0, 0.05) is 23.7 Å². The van der Waals surface area contributed by atoms with Crippen molar-refractivity contribution in [1.82, 2.24) is 0 Å². The Morgan fingerprint density at radius 2 is 2.00 bits per heavy atom. The van der Waals surface area contributed by atoms with E-state index in [0.29, 0.717) is 29.1 Å². The Labute approximate surface area is 142 Å². The zero-order valence-electron chi connectivity index (χ0n) is 13.6. The topological polar surface area (TPSA) is 124 Å². The van der Waals surface area contributed by atoms with Crippen LogP contribution in [-0.4, -0.2) is 97.4 Å². The van der Waals surface area contributed by atoms with E-state index >= 15 is 0 Å². The number of hydrogen-bond acceptors (Lipinski definition) is 8. The highest BCUT2D eigenvalue weighted by molar-refractivity contribution is 7.99. The molecule has 2 N–H and O–H groups in total. The second-order valence-corrected chi connectivity index (χ2v) is 8.55. The molecule has 1 unspecified atom stereocenters. The molecule has 0 bridgehead atoms. The second-order valence-electron chi connectivity index (χ2n) is 5.88. The molecule has 0 saturated heterocycles. The Hall–Kier alpha value is -0.390. The number of ether oxygens (including phenoxy) is 1. The van der Waals surface area contributed by atoms with Crippen molar-refractivity contribution in [2.45, 2.75) is 18.9 Å². The van der Waals surface area contributed by atoms with Gasteiger partial charge in [-0.1, -0.05) is 0 Å². The zero-order chi connectivity index (χ0) is 17.9. The average Bonchev–Trinajstić information content (AvgIpc) is 2.41. The van der Waals surface area contributed by atoms with E-state index in [1.807, 2.05) is 14.1 Å². The van der Waals surface area contributed by atoms with Gasteiger partial charge in [0.05, 0.1) is 49.9 Å². The molecule has 1 atom stereocenters. The summed E-state index contributed by atoms with van der Waals surface area (Å²) in [4.78, 5) is 11.5. The van der Waals surface area contributed by atoms with Gasteiger partial charge in [0.1, 0.15) is 13.2 Å². The van der Waals surface area contributed by atoms with Crippen LogP contribution < -0.4 is 0 Å². The maximum Gasteiger partial charge on any atom is 0.306 e. The summed E-state index contributed by atoms with van der Waals surface area (Å²) in [6.07, 6.45) is -0.270. The number of aliphatic hydroxyl groups is 2. The van der Waals surface area contributed by atoms with Crippen LogP contribution in [0.2, 0.25) is 0 Å². The van der Waals surface area contributed by atoms with Crippen LogP contribution in [0.15, 0.2) is 0 Å².